The lowest BCUT2D eigenvalue weighted by Crippen LogP contribution is -2.23. The van der Waals surface area contributed by atoms with Crippen LogP contribution in [0.15, 0.2) is 40.7 Å². The zero-order valence-corrected chi connectivity index (χ0v) is 13.2. The van der Waals surface area contributed by atoms with Gasteiger partial charge in [0.2, 0.25) is 0 Å². The van der Waals surface area contributed by atoms with Crippen LogP contribution in [0.3, 0.4) is 0 Å². The Bertz CT molecular complexity index is 925. The summed E-state index contributed by atoms with van der Waals surface area (Å²) in [5.74, 6) is 0.0620. The molecule has 1 aliphatic rings. The molecule has 0 bridgehead atoms. The number of aryl methyl sites for hydroxylation is 1. The first-order valence-corrected chi connectivity index (χ1v) is 7.18. The molecule has 6 nitrogen and oxygen atoms in total. The molecule has 0 fully saturated rings. The normalized spacial score (nSPS) is 15.5. The third-order valence-electron chi connectivity index (χ3n) is 4.24. The van der Waals surface area contributed by atoms with Crippen LogP contribution in [0.2, 0.25) is 0 Å². The van der Waals surface area contributed by atoms with E-state index in [1.54, 1.807) is 4.68 Å². The van der Waals surface area contributed by atoms with Crippen LogP contribution in [0.4, 0.5) is 5.82 Å². The van der Waals surface area contributed by atoms with Crippen LogP contribution in [-0.4, -0.2) is 9.78 Å². The standard InChI is InChI=1S/C17H16N6/c1-9-13(7-18)16(14(8-19)10(2)21-9)11-4-5-15-12(6-11)17(20)22-23(15)3/h4-6,16,21H,1-3H3,(H2,20,22). The first-order valence-electron chi connectivity index (χ1n) is 7.18. The number of hydrogen-bond donors (Lipinski definition) is 2. The lowest BCUT2D eigenvalue weighted by Gasteiger charge is -2.26. The van der Waals surface area contributed by atoms with E-state index in [1.807, 2.05) is 39.1 Å². The van der Waals surface area contributed by atoms with E-state index in [-0.39, 0.29) is 5.92 Å². The maximum Gasteiger partial charge on any atom is 0.153 e. The highest BCUT2D eigenvalue weighted by molar-refractivity contribution is 5.90. The van der Waals surface area contributed by atoms with Gasteiger partial charge >= 0.3 is 0 Å². The molecule has 0 spiro atoms. The number of fused-ring (bicyclic) bond motifs is 1. The minimum Gasteiger partial charge on any atom is -0.382 e. The summed E-state index contributed by atoms with van der Waals surface area (Å²) in [4.78, 5) is 0. The fourth-order valence-corrected chi connectivity index (χ4v) is 3.11. The Labute approximate surface area is 134 Å². The Morgan fingerprint density at radius 1 is 1.17 bits per heavy atom. The average Bonchev–Trinajstić information content (AvgIpc) is 2.81. The molecule has 0 aliphatic carbocycles. The molecule has 23 heavy (non-hydrogen) atoms. The molecule has 0 saturated heterocycles. The molecule has 6 heteroatoms. The molecule has 114 valence electrons. The molecule has 3 rings (SSSR count). The molecule has 0 atom stereocenters. The van der Waals surface area contributed by atoms with Crippen molar-refractivity contribution in [1.29, 1.82) is 10.5 Å². The second kappa shape index (κ2) is 5.19. The molecule has 2 aromatic rings. The van der Waals surface area contributed by atoms with Gasteiger partial charge in [-0.25, -0.2) is 0 Å². The largest absolute Gasteiger partial charge is 0.382 e. The van der Waals surface area contributed by atoms with Crippen LogP contribution >= 0.6 is 0 Å². The zero-order chi connectivity index (χ0) is 16.7. The Kier molecular flexibility index (Phi) is 3.31. The molecular weight excluding hydrogens is 288 g/mol. The van der Waals surface area contributed by atoms with E-state index >= 15 is 0 Å². The van der Waals surface area contributed by atoms with Crippen molar-refractivity contribution in [2.45, 2.75) is 19.8 Å². The number of anilines is 1. The van der Waals surface area contributed by atoms with Crippen molar-refractivity contribution in [2.75, 3.05) is 5.73 Å². The molecular formula is C17H16N6. The summed E-state index contributed by atoms with van der Waals surface area (Å²) < 4.78 is 1.72. The Morgan fingerprint density at radius 3 is 2.35 bits per heavy atom. The number of hydrogen-bond acceptors (Lipinski definition) is 5. The summed E-state index contributed by atoms with van der Waals surface area (Å²) in [6.45, 7) is 3.69. The quantitative estimate of drug-likeness (QED) is 0.842. The van der Waals surface area contributed by atoms with Gasteiger partial charge < -0.3 is 11.1 Å². The lowest BCUT2D eigenvalue weighted by molar-refractivity contribution is 0.801. The van der Waals surface area contributed by atoms with E-state index in [1.165, 1.54) is 0 Å². The number of rotatable bonds is 1. The van der Waals surface area contributed by atoms with Crippen LogP contribution in [-0.2, 0) is 7.05 Å². The van der Waals surface area contributed by atoms with Gasteiger partial charge in [-0.3, -0.25) is 4.68 Å². The number of nitriles is 2. The van der Waals surface area contributed by atoms with Gasteiger partial charge in [-0.2, -0.15) is 15.6 Å². The molecule has 2 heterocycles. The molecule has 0 amide bonds. The number of nitrogen functional groups attached to an aromatic ring is 1. The van der Waals surface area contributed by atoms with E-state index in [0.717, 1.165) is 27.9 Å². The highest BCUT2D eigenvalue weighted by atomic mass is 15.3. The highest BCUT2D eigenvalue weighted by Gasteiger charge is 2.29. The number of nitrogens with zero attached hydrogens (tertiary/aromatic N) is 4. The van der Waals surface area contributed by atoms with Crippen molar-refractivity contribution in [3.8, 4) is 12.1 Å². The number of dihydropyridines is 1. The van der Waals surface area contributed by atoms with Crippen molar-refractivity contribution in [3.05, 3.63) is 46.3 Å². The van der Waals surface area contributed by atoms with E-state index in [9.17, 15) is 10.5 Å². The minimum atomic E-state index is -0.379. The topological polar surface area (TPSA) is 103 Å². The van der Waals surface area contributed by atoms with Gasteiger partial charge in [0, 0.05) is 23.8 Å². The monoisotopic (exact) mass is 304 g/mol. The molecule has 0 unspecified atom stereocenters. The van der Waals surface area contributed by atoms with E-state index in [0.29, 0.717) is 17.0 Å². The second-order valence-corrected chi connectivity index (χ2v) is 5.64. The smallest absolute Gasteiger partial charge is 0.153 e. The van der Waals surface area contributed by atoms with E-state index in [4.69, 9.17) is 5.73 Å². The molecule has 3 N–H and O–H groups in total. The predicted molar refractivity (Wildman–Crippen MR) is 87.6 cm³/mol. The Balaban J connectivity index is 2.26. The second-order valence-electron chi connectivity index (χ2n) is 5.64. The summed E-state index contributed by atoms with van der Waals surface area (Å²) in [6, 6.07) is 10.2. The SMILES string of the molecule is CC1=C(C#N)C(c2ccc3c(c2)c(N)nn3C)C(C#N)=C(C)N1. The van der Waals surface area contributed by atoms with Crippen molar-refractivity contribution >= 4 is 16.7 Å². The molecule has 1 aromatic heterocycles. The number of nitrogens with two attached hydrogens (primary N) is 1. The summed E-state index contributed by atoms with van der Waals surface area (Å²) in [7, 11) is 1.83. The van der Waals surface area contributed by atoms with Gasteiger partial charge in [0.1, 0.15) is 0 Å². The van der Waals surface area contributed by atoms with Gasteiger partial charge in [0.05, 0.1) is 34.7 Å². The van der Waals surface area contributed by atoms with Gasteiger partial charge in [-0.15, -0.1) is 0 Å². The fraction of sp³-hybridized carbons (Fsp3) is 0.235. The summed E-state index contributed by atoms with van der Waals surface area (Å²) in [5, 5.41) is 27.2. The third kappa shape index (κ3) is 2.13. The first kappa shape index (κ1) is 14.7. The van der Waals surface area contributed by atoms with Crippen LogP contribution in [0, 0.1) is 22.7 Å². The van der Waals surface area contributed by atoms with Crippen LogP contribution in [0.25, 0.3) is 10.9 Å². The molecule has 1 aromatic carbocycles. The van der Waals surface area contributed by atoms with Crippen LogP contribution in [0.5, 0.6) is 0 Å². The number of allylic oxidation sites excluding steroid dienone is 4. The predicted octanol–water partition coefficient (Wildman–Crippen LogP) is 2.44. The van der Waals surface area contributed by atoms with Gasteiger partial charge in [-0.05, 0) is 31.5 Å². The van der Waals surface area contributed by atoms with Crippen molar-refractivity contribution < 1.29 is 0 Å². The van der Waals surface area contributed by atoms with Crippen molar-refractivity contribution in [1.82, 2.24) is 15.1 Å². The summed E-state index contributed by atoms with van der Waals surface area (Å²) >= 11 is 0. The van der Waals surface area contributed by atoms with Crippen molar-refractivity contribution in [2.24, 2.45) is 7.05 Å². The molecule has 0 saturated carbocycles. The number of benzene rings is 1. The molecule has 1 aliphatic heterocycles. The van der Waals surface area contributed by atoms with Crippen LogP contribution in [0.1, 0.15) is 25.3 Å². The van der Waals surface area contributed by atoms with Crippen molar-refractivity contribution in [3.63, 3.8) is 0 Å². The summed E-state index contributed by atoms with van der Waals surface area (Å²) in [6.07, 6.45) is 0. The average molecular weight is 304 g/mol. The fourth-order valence-electron chi connectivity index (χ4n) is 3.11. The summed E-state index contributed by atoms with van der Waals surface area (Å²) in [5.41, 5.74) is 10.4. The van der Waals surface area contributed by atoms with Gasteiger partial charge in [0.25, 0.3) is 0 Å². The maximum atomic E-state index is 9.54. The number of nitrogens with one attached hydrogen (secondary N) is 1. The Morgan fingerprint density at radius 2 is 1.78 bits per heavy atom. The van der Waals surface area contributed by atoms with E-state index < -0.39 is 0 Å². The minimum absolute atomic E-state index is 0.379. The van der Waals surface area contributed by atoms with Gasteiger partial charge in [0.15, 0.2) is 5.82 Å². The first-order chi connectivity index (χ1) is 11.0. The maximum absolute atomic E-state index is 9.54. The van der Waals surface area contributed by atoms with Gasteiger partial charge in [-0.1, -0.05) is 6.07 Å². The van der Waals surface area contributed by atoms with Crippen LogP contribution < -0.4 is 11.1 Å². The zero-order valence-electron chi connectivity index (χ0n) is 13.2. The lowest BCUT2D eigenvalue weighted by atomic mass is 9.81. The highest BCUT2D eigenvalue weighted by Crippen LogP contribution is 2.38. The van der Waals surface area contributed by atoms with E-state index in [2.05, 4.69) is 22.6 Å². The number of aromatic nitrogens is 2. The molecule has 0 radical (unpaired) electrons. The third-order valence-corrected chi connectivity index (χ3v) is 4.24. The Hall–Kier alpha value is -3.25.